The zero-order valence-electron chi connectivity index (χ0n) is 18.6. The minimum atomic E-state index is -3.86. The molecule has 3 aromatic rings. The molecule has 0 aliphatic heterocycles. The third kappa shape index (κ3) is 6.80. The zero-order valence-corrected chi connectivity index (χ0v) is 19.4. The molecule has 0 aromatic heterocycles. The first kappa shape index (κ1) is 24.7. The van der Waals surface area contributed by atoms with Crippen LogP contribution in [0.1, 0.15) is 15.9 Å². The lowest BCUT2D eigenvalue weighted by Crippen LogP contribution is -2.24. The van der Waals surface area contributed by atoms with E-state index in [0.717, 1.165) is 5.56 Å². The van der Waals surface area contributed by atoms with Crippen molar-refractivity contribution in [2.75, 3.05) is 26.1 Å². The Kier molecular flexibility index (Phi) is 8.23. The fraction of sp³-hybridized carbons (Fsp3) is 0.167. The molecule has 0 aliphatic rings. The molecule has 0 fully saturated rings. The second-order valence-electron chi connectivity index (χ2n) is 7.06. The second-order valence-corrected chi connectivity index (χ2v) is 8.83. The van der Waals surface area contributed by atoms with Gasteiger partial charge in [-0.3, -0.25) is 4.79 Å². The van der Waals surface area contributed by atoms with Crippen molar-refractivity contribution in [1.29, 1.82) is 0 Å². The summed E-state index contributed by atoms with van der Waals surface area (Å²) in [4.78, 5) is 24.5. The fourth-order valence-corrected chi connectivity index (χ4v) is 4.00. The maximum absolute atomic E-state index is 12.6. The molecule has 0 aliphatic carbocycles. The fourth-order valence-electron chi connectivity index (χ4n) is 2.94. The number of sulfonamides is 1. The molecule has 0 atom stereocenters. The first-order valence-corrected chi connectivity index (χ1v) is 11.6. The Labute approximate surface area is 197 Å². The van der Waals surface area contributed by atoms with Gasteiger partial charge in [0.25, 0.3) is 5.91 Å². The van der Waals surface area contributed by atoms with E-state index in [9.17, 15) is 18.0 Å². The van der Waals surface area contributed by atoms with Crippen molar-refractivity contribution >= 4 is 27.6 Å². The van der Waals surface area contributed by atoms with E-state index >= 15 is 0 Å². The van der Waals surface area contributed by atoms with Crippen molar-refractivity contribution in [3.8, 4) is 11.5 Å². The van der Waals surface area contributed by atoms with Gasteiger partial charge in [0.05, 0.1) is 24.7 Å². The standard InChI is InChI=1S/C24H24N2O7S/c1-31-20-12-19(13-21(14-20)32-2)26-23(27)16-33-24(28)18-9-6-10-22(11-18)34(29,30)25-15-17-7-4-3-5-8-17/h3-14,25H,15-16H2,1-2H3,(H,26,27). The highest BCUT2D eigenvalue weighted by molar-refractivity contribution is 7.89. The summed E-state index contributed by atoms with van der Waals surface area (Å²) in [5.74, 6) is -0.466. The highest BCUT2D eigenvalue weighted by Crippen LogP contribution is 2.25. The molecule has 0 saturated heterocycles. The van der Waals surface area contributed by atoms with E-state index < -0.39 is 28.5 Å². The number of amides is 1. The van der Waals surface area contributed by atoms with Crippen LogP contribution in [0.15, 0.2) is 77.7 Å². The molecule has 0 spiro atoms. The molecule has 9 nitrogen and oxygen atoms in total. The maximum Gasteiger partial charge on any atom is 0.338 e. The van der Waals surface area contributed by atoms with Crippen LogP contribution in [0, 0.1) is 0 Å². The van der Waals surface area contributed by atoms with Gasteiger partial charge < -0.3 is 19.5 Å². The number of carbonyl (C=O) groups is 2. The third-order valence-corrected chi connectivity index (χ3v) is 6.06. The predicted octanol–water partition coefficient (Wildman–Crippen LogP) is 2.98. The van der Waals surface area contributed by atoms with Gasteiger partial charge in [-0.1, -0.05) is 36.4 Å². The summed E-state index contributed by atoms with van der Waals surface area (Å²) < 4.78 is 43.0. The van der Waals surface area contributed by atoms with Crippen LogP contribution in [0.2, 0.25) is 0 Å². The lowest BCUT2D eigenvalue weighted by atomic mass is 10.2. The molecule has 178 valence electrons. The summed E-state index contributed by atoms with van der Waals surface area (Å²) in [6.45, 7) is -0.464. The normalized spacial score (nSPS) is 10.9. The Bertz CT molecular complexity index is 1240. The highest BCUT2D eigenvalue weighted by atomic mass is 32.2. The monoisotopic (exact) mass is 484 g/mol. The maximum atomic E-state index is 12.6. The van der Waals surface area contributed by atoms with E-state index in [0.29, 0.717) is 17.2 Å². The average Bonchev–Trinajstić information content (AvgIpc) is 2.86. The number of rotatable bonds is 10. The van der Waals surface area contributed by atoms with E-state index in [2.05, 4.69) is 10.0 Å². The van der Waals surface area contributed by atoms with Crippen LogP contribution in [-0.4, -0.2) is 41.1 Å². The van der Waals surface area contributed by atoms with Crippen molar-refractivity contribution in [3.05, 3.63) is 83.9 Å². The average molecular weight is 485 g/mol. The molecule has 34 heavy (non-hydrogen) atoms. The SMILES string of the molecule is COc1cc(NC(=O)COC(=O)c2cccc(S(=O)(=O)NCc3ccccc3)c2)cc(OC)c1. The molecule has 0 unspecified atom stereocenters. The van der Waals surface area contributed by atoms with Crippen molar-refractivity contribution in [1.82, 2.24) is 4.72 Å². The molecule has 2 N–H and O–H groups in total. The first-order chi connectivity index (χ1) is 16.3. The van der Waals surface area contributed by atoms with Crippen LogP contribution in [-0.2, 0) is 26.1 Å². The number of ether oxygens (including phenoxy) is 3. The van der Waals surface area contributed by atoms with E-state index in [1.807, 2.05) is 6.07 Å². The summed E-state index contributed by atoms with van der Waals surface area (Å²) in [5.41, 5.74) is 1.19. The summed E-state index contributed by atoms with van der Waals surface area (Å²) in [6, 6.07) is 19.2. The highest BCUT2D eigenvalue weighted by Gasteiger charge is 2.18. The number of anilines is 1. The van der Waals surface area contributed by atoms with Gasteiger partial charge in [-0.25, -0.2) is 17.9 Å². The van der Waals surface area contributed by atoms with Gasteiger partial charge in [0.1, 0.15) is 11.5 Å². The second kappa shape index (κ2) is 11.3. The Morgan fingerprint density at radius 2 is 1.53 bits per heavy atom. The topological polar surface area (TPSA) is 120 Å². The van der Waals surface area contributed by atoms with Gasteiger partial charge in [-0.15, -0.1) is 0 Å². The summed E-state index contributed by atoms with van der Waals surface area (Å²) >= 11 is 0. The van der Waals surface area contributed by atoms with E-state index in [-0.39, 0.29) is 17.0 Å². The number of nitrogens with one attached hydrogen (secondary N) is 2. The number of hydrogen-bond donors (Lipinski definition) is 2. The Morgan fingerprint density at radius 1 is 0.853 bits per heavy atom. The molecular weight excluding hydrogens is 460 g/mol. The zero-order chi connectivity index (χ0) is 24.6. The molecule has 3 aromatic carbocycles. The van der Waals surface area contributed by atoms with Crippen molar-refractivity contribution in [2.24, 2.45) is 0 Å². The minimum Gasteiger partial charge on any atom is -0.497 e. The van der Waals surface area contributed by atoms with E-state index in [4.69, 9.17) is 14.2 Å². The molecule has 0 heterocycles. The first-order valence-electron chi connectivity index (χ1n) is 10.1. The van der Waals surface area contributed by atoms with Gasteiger partial charge in [0.15, 0.2) is 6.61 Å². The van der Waals surface area contributed by atoms with Crippen LogP contribution in [0.4, 0.5) is 5.69 Å². The van der Waals surface area contributed by atoms with Crippen LogP contribution in [0.3, 0.4) is 0 Å². The Balaban J connectivity index is 1.60. The Hall–Kier alpha value is -3.89. The van der Waals surface area contributed by atoms with Crippen molar-refractivity contribution < 1.29 is 32.2 Å². The number of benzene rings is 3. The van der Waals surface area contributed by atoms with Crippen LogP contribution >= 0.6 is 0 Å². The summed E-state index contributed by atoms with van der Waals surface area (Å²) in [6.07, 6.45) is 0. The van der Waals surface area contributed by atoms with Gasteiger partial charge in [-0.2, -0.15) is 0 Å². The quantitative estimate of drug-likeness (QED) is 0.425. The lowest BCUT2D eigenvalue weighted by molar-refractivity contribution is -0.119. The number of methoxy groups -OCH3 is 2. The molecule has 1 amide bonds. The van der Waals surface area contributed by atoms with Crippen LogP contribution in [0.25, 0.3) is 0 Å². The van der Waals surface area contributed by atoms with E-state index in [1.54, 1.807) is 42.5 Å². The molecule has 0 radical (unpaired) electrons. The Morgan fingerprint density at radius 3 is 2.18 bits per heavy atom. The van der Waals surface area contributed by atoms with Crippen LogP contribution in [0.5, 0.6) is 11.5 Å². The number of hydrogen-bond acceptors (Lipinski definition) is 7. The minimum absolute atomic E-state index is 0.00145. The van der Waals surface area contributed by atoms with Gasteiger partial charge >= 0.3 is 5.97 Å². The van der Waals surface area contributed by atoms with Crippen LogP contribution < -0.4 is 19.5 Å². The van der Waals surface area contributed by atoms with E-state index in [1.165, 1.54) is 38.5 Å². The lowest BCUT2D eigenvalue weighted by Gasteiger charge is -2.11. The predicted molar refractivity (Wildman–Crippen MR) is 125 cm³/mol. The molecule has 3 rings (SSSR count). The largest absolute Gasteiger partial charge is 0.497 e. The smallest absolute Gasteiger partial charge is 0.338 e. The third-order valence-electron chi connectivity index (χ3n) is 4.66. The number of carbonyl (C=O) groups excluding carboxylic acids is 2. The van der Waals surface area contributed by atoms with Crippen molar-refractivity contribution in [2.45, 2.75) is 11.4 Å². The molecule has 0 saturated carbocycles. The molecule has 0 bridgehead atoms. The van der Waals surface area contributed by atoms with Gasteiger partial charge in [0.2, 0.25) is 10.0 Å². The molecular formula is C24H24N2O7S. The van der Waals surface area contributed by atoms with Crippen molar-refractivity contribution in [3.63, 3.8) is 0 Å². The van der Waals surface area contributed by atoms with Gasteiger partial charge in [-0.05, 0) is 23.8 Å². The summed E-state index contributed by atoms with van der Waals surface area (Å²) in [5, 5.41) is 2.58. The summed E-state index contributed by atoms with van der Waals surface area (Å²) in [7, 11) is -0.901. The van der Waals surface area contributed by atoms with Gasteiger partial charge in [0, 0.05) is 30.4 Å². The number of esters is 1. The molecule has 10 heteroatoms.